The molecule has 0 saturated heterocycles. The Balaban J connectivity index is 3.49. The van der Waals surface area contributed by atoms with Gasteiger partial charge in [-0.3, -0.25) is 4.55 Å². The molecule has 0 aliphatic heterocycles. The van der Waals surface area contributed by atoms with E-state index in [0.717, 1.165) is 0 Å². The number of amides is 2. The van der Waals surface area contributed by atoms with Crippen molar-refractivity contribution in [2.45, 2.75) is 0 Å². The van der Waals surface area contributed by atoms with Gasteiger partial charge in [0.25, 0.3) is 10.1 Å². The highest BCUT2D eigenvalue weighted by atomic mass is 32.2. The first-order valence-electron chi connectivity index (χ1n) is 2.40. The first-order valence-corrected chi connectivity index (χ1v) is 4.01. The Labute approximate surface area is 58.1 Å². The standard InChI is InChI=1S/C3H8N2O4S/c4-3(6)5-1-2-10(7,8)9/h1-2H2,(H3,4,5,6)(H,7,8,9). The molecule has 0 heterocycles. The number of carbonyl (C=O) groups excluding carboxylic acids is 1. The third kappa shape index (κ3) is 7.18. The number of hydrogen-bond acceptors (Lipinski definition) is 3. The van der Waals surface area contributed by atoms with Gasteiger partial charge in [0, 0.05) is 6.54 Å². The second-order valence-electron chi connectivity index (χ2n) is 1.58. The van der Waals surface area contributed by atoms with Crippen LogP contribution in [0.25, 0.3) is 0 Å². The molecule has 60 valence electrons. The van der Waals surface area contributed by atoms with Gasteiger partial charge in [-0.25, -0.2) is 4.79 Å². The van der Waals surface area contributed by atoms with E-state index in [1.807, 2.05) is 5.32 Å². The van der Waals surface area contributed by atoms with Gasteiger partial charge in [0.2, 0.25) is 0 Å². The van der Waals surface area contributed by atoms with Crippen molar-refractivity contribution < 1.29 is 17.8 Å². The minimum Gasteiger partial charge on any atom is -0.352 e. The number of nitrogens with one attached hydrogen (secondary N) is 1. The summed E-state index contributed by atoms with van der Waals surface area (Å²) in [7, 11) is -3.99. The summed E-state index contributed by atoms with van der Waals surface area (Å²) in [6, 6.07) is -0.816. The van der Waals surface area contributed by atoms with Crippen LogP contribution in [0, 0.1) is 0 Å². The van der Waals surface area contributed by atoms with Gasteiger partial charge in [0.15, 0.2) is 0 Å². The van der Waals surface area contributed by atoms with Crippen LogP contribution in [-0.2, 0) is 10.1 Å². The first kappa shape index (κ1) is 9.18. The highest BCUT2D eigenvalue weighted by Gasteiger charge is 2.03. The lowest BCUT2D eigenvalue weighted by Gasteiger charge is -1.96. The van der Waals surface area contributed by atoms with Crippen LogP contribution in [0.3, 0.4) is 0 Å². The van der Waals surface area contributed by atoms with Crippen LogP contribution in [0.15, 0.2) is 0 Å². The summed E-state index contributed by atoms with van der Waals surface area (Å²) < 4.78 is 28.1. The van der Waals surface area contributed by atoms with E-state index in [0.29, 0.717) is 0 Å². The number of hydrogen-bond donors (Lipinski definition) is 3. The van der Waals surface area contributed by atoms with Gasteiger partial charge in [-0.1, -0.05) is 0 Å². The quantitative estimate of drug-likeness (QED) is 0.447. The van der Waals surface area contributed by atoms with Gasteiger partial charge in [-0.05, 0) is 0 Å². The van der Waals surface area contributed by atoms with Crippen molar-refractivity contribution in [2.24, 2.45) is 5.73 Å². The van der Waals surface area contributed by atoms with Gasteiger partial charge in [-0.15, -0.1) is 0 Å². The van der Waals surface area contributed by atoms with E-state index in [1.165, 1.54) is 0 Å². The Morgan fingerprint density at radius 1 is 1.60 bits per heavy atom. The van der Waals surface area contributed by atoms with Crippen LogP contribution >= 0.6 is 0 Å². The highest BCUT2D eigenvalue weighted by Crippen LogP contribution is 1.77. The van der Waals surface area contributed by atoms with Gasteiger partial charge >= 0.3 is 6.03 Å². The summed E-state index contributed by atoms with van der Waals surface area (Å²) in [4.78, 5) is 9.92. The van der Waals surface area contributed by atoms with Crippen molar-refractivity contribution in [3.8, 4) is 0 Å². The zero-order valence-corrected chi connectivity index (χ0v) is 5.89. The Bertz CT molecular complexity index is 209. The Morgan fingerprint density at radius 3 is 2.40 bits per heavy atom. The van der Waals surface area contributed by atoms with Crippen molar-refractivity contribution in [1.29, 1.82) is 0 Å². The van der Waals surface area contributed by atoms with E-state index >= 15 is 0 Å². The molecule has 10 heavy (non-hydrogen) atoms. The number of carbonyl (C=O) groups is 1. The average Bonchev–Trinajstić information content (AvgIpc) is 1.59. The van der Waals surface area contributed by atoms with E-state index in [9.17, 15) is 13.2 Å². The van der Waals surface area contributed by atoms with Gasteiger partial charge < -0.3 is 11.1 Å². The largest absolute Gasteiger partial charge is 0.352 e. The van der Waals surface area contributed by atoms with E-state index in [-0.39, 0.29) is 6.54 Å². The lowest BCUT2D eigenvalue weighted by atomic mass is 10.7. The van der Waals surface area contributed by atoms with Crippen molar-refractivity contribution in [2.75, 3.05) is 12.3 Å². The summed E-state index contributed by atoms with van der Waals surface area (Å²) in [6.45, 7) is -0.172. The molecule has 0 rings (SSSR count). The lowest BCUT2D eigenvalue weighted by molar-refractivity contribution is 0.249. The number of rotatable bonds is 3. The highest BCUT2D eigenvalue weighted by molar-refractivity contribution is 7.85. The Morgan fingerprint density at radius 2 is 2.10 bits per heavy atom. The molecule has 6 nitrogen and oxygen atoms in total. The molecule has 0 aromatic rings. The molecule has 0 radical (unpaired) electrons. The zero-order chi connectivity index (χ0) is 8.20. The SMILES string of the molecule is NC(=O)NCCS(=O)(=O)O. The number of urea groups is 1. The molecule has 2 amide bonds. The minimum absolute atomic E-state index is 0.172. The van der Waals surface area contributed by atoms with Gasteiger partial charge in [-0.2, -0.15) is 8.42 Å². The molecular weight excluding hydrogens is 160 g/mol. The van der Waals surface area contributed by atoms with E-state index in [1.54, 1.807) is 0 Å². The van der Waals surface area contributed by atoms with Crippen LogP contribution in [0.1, 0.15) is 0 Å². The zero-order valence-electron chi connectivity index (χ0n) is 5.07. The maximum atomic E-state index is 9.98. The molecule has 0 aliphatic carbocycles. The second kappa shape index (κ2) is 3.37. The van der Waals surface area contributed by atoms with Crippen LogP contribution in [-0.4, -0.2) is 31.3 Å². The van der Waals surface area contributed by atoms with Crippen molar-refractivity contribution in [3.63, 3.8) is 0 Å². The lowest BCUT2D eigenvalue weighted by Crippen LogP contribution is -2.33. The predicted octanol–water partition coefficient (Wildman–Crippen LogP) is -1.46. The van der Waals surface area contributed by atoms with Crippen LogP contribution in [0.4, 0.5) is 4.79 Å². The van der Waals surface area contributed by atoms with Gasteiger partial charge in [0.05, 0.1) is 5.75 Å². The molecule has 0 aliphatic rings. The molecule has 0 atom stereocenters. The summed E-state index contributed by atoms with van der Waals surface area (Å²) in [6.07, 6.45) is 0. The molecule has 0 aromatic heterocycles. The first-order chi connectivity index (χ1) is 4.42. The molecule has 0 unspecified atom stereocenters. The predicted molar refractivity (Wildman–Crippen MR) is 34.0 cm³/mol. The van der Waals surface area contributed by atoms with Crippen molar-refractivity contribution in [1.82, 2.24) is 5.32 Å². The summed E-state index contributed by atoms with van der Waals surface area (Å²) in [5, 5.41) is 2.00. The summed E-state index contributed by atoms with van der Waals surface area (Å²) in [5.41, 5.74) is 4.60. The average molecular weight is 168 g/mol. The Hall–Kier alpha value is -0.820. The van der Waals surface area contributed by atoms with Crippen molar-refractivity contribution in [3.05, 3.63) is 0 Å². The smallest absolute Gasteiger partial charge is 0.312 e. The molecular formula is C3H8N2O4S. The molecule has 7 heteroatoms. The maximum Gasteiger partial charge on any atom is 0.312 e. The normalized spacial score (nSPS) is 10.9. The summed E-state index contributed by atoms with van der Waals surface area (Å²) in [5.74, 6) is -0.518. The van der Waals surface area contributed by atoms with Crippen LogP contribution in [0.5, 0.6) is 0 Å². The molecule has 0 saturated carbocycles. The van der Waals surface area contributed by atoms with Gasteiger partial charge in [0.1, 0.15) is 0 Å². The molecule has 0 aromatic carbocycles. The molecule has 0 fully saturated rings. The maximum absolute atomic E-state index is 9.98. The van der Waals surface area contributed by atoms with E-state index < -0.39 is 21.9 Å². The van der Waals surface area contributed by atoms with Crippen molar-refractivity contribution >= 4 is 16.1 Å². The fraction of sp³-hybridized carbons (Fsp3) is 0.667. The third-order valence-corrected chi connectivity index (χ3v) is 1.38. The van der Waals surface area contributed by atoms with Crippen LogP contribution in [0.2, 0.25) is 0 Å². The Kier molecular flexibility index (Phi) is 3.10. The minimum atomic E-state index is -3.99. The van der Waals surface area contributed by atoms with E-state index in [4.69, 9.17) is 4.55 Å². The monoisotopic (exact) mass is 168 g/mol. The molecule has 0 spiro atoms. The third-order valence-electron chi connectivity index (χ3n) is 0.659. The fourth-order valence-corrected chi connectivity index (χ4v) is 0.663. The number of primary amides is 1. The second-order valence-corrected chi connectivity index (χ2v) is 3.15. The molecule has 4 N–H and O–H groups in total. The summed E-state index contributed by atoms with van der Waals surface area (Å²) >= 11 is 0. The molecule has 0 bridgehead atoms. The topological polar surface area (TPSA) is 109 Å². The number of nitrogens with two attached hydrogens (primary N) is 1. The fourth-order valence-electron chi connectivity index (χ4n) is 0.303. The van der Waals surface area contributed by atoms with Crippen LogP contribution < -0.4 is 11.1 Å². The van der Waals surface area contributed by atoms with E-state index in [2.05, 4.69) is 5.73 Å².